The van der Waals surface area contributed by atoms with E-state index in [1.807, 2.05) is 0 Å². The van der Waals surface area contributed by atoms with Crippen LogP contribution in [-0.4, -0.2) is 41.6 Å². The molecular weight excluding hydrogens is 162 g/mol. The lowest BCUT2D eigenvalue weighted by molar-refractivity contribution is 0.0231. The molecule has 1 fully saturated rings. The first kappa shape index (κ1) is 10.5. The zero-order chi connectivity index (χ0) is 9.84. The van der Waals surface area contributed by atoms with Gasteiger partial charge in [-0.05, 0) is 26.8 Å². The van der Waals surface area contributed by atoms with Gasteiger partial charge >= 0.3 is 0 Å². The number of rotatable bonds is 2. The van der Waals surface area contributed by atoms with Crippen molar-refractivity contribution in [2.75, 3.05) is 19.8 Å². The molecule has 0 aromatic heterocycles. The second-order valence-electron chi connectivity index (χ2n) is 3.89. The first-order chi connectivity index (χ1) is 6.19. The van der Waals surface area contributed by atoms with Crippen LogP contribution in [0.1, 0.15) is 27.2 Å². The summed E-state index contributed by atoms with van der Waals surface area (Å²) in [5.74, 6) is 0. The molecule has 3 nitrogen and oxygen atoms in total. The van der Waals surface area contributed by atoms with E-state index >= 15 is 0 Å². The monoisotopic (exact) mass is 181 g/mol. The van der Waals surface area contributed by atoms with Crippen molar-refractivity contribution in [3.8, 4) is 6.07 Å². The van der Waals surface area contributed by atoms with Crippen molar-refractivity contribution in [2.24, 2.45) is 0 Å². The molecule has 0 N–H and O–H groups in total. The summed E-state index contributed by atoms with van der Waals surface area (Å²) in [6.45, 7) is 9.24. The Morgan fingerprint density at radius 2 is 1.92 bits per heavy atom. The van der Waals surface area contributed by atoms with E-state index in [1.54, 1.807) is 0 Å². The summed E-state index contributed by atoms with van der Waals surface area (Å²) in [5.41, 5.74) is 0. The van der Waals surface area contributed by atoms with Crippen LogP contribution in [0.4, 0.5) is 0 Å². The molecule has 0 radical (unpaired) electrons. The van der Waals surface area contributed by atoms with Gasteiger partial charge in [0.05, 0.1) is 19.3 Å². The van der Waals surface area contributed by atoms with E-state index in [9.17, 15) is 0 Å². The summed E-state index contributed by atoms with van der Waals surface area (Å²) >= 11 is 0. The fourth-order valence-corrected chi connectivity index (χ4v) is 2.01. The molecule has 0 saturated carbocycles. The molecule has 13 heavy (non-hydrogen) atoms. The maximum Gasteiger partial charge on any atom is 0.0878 e. The van der Waals surface area contributed by atoms with Gasteiger partial charge in [-0.25, -0.2) is 0 Å². The Balaban J connectivity index is 2.54. The predicted octanol–water partition coefficient (Wildman–Crippen LogP) is 1.27. The van der Waals surface area contributed by atoms with Gasteiger partial charge in [0.15, 0.2) is 0 Å². The molecule has 1 rings (SSSR count). The van der Waals surface area contributed by atoms with Crippen molar-refractivity contribution < 1.29 is 0 Å². The smallest absolute Gasteiger partial charge is 0.0878 e. The Bertz CT molecular complexity index is 197. The van der Waals surface area contributed by atoms with Crippen LogP contribution >= 0.6 is 0 Å². The first-order valence-corrected chi connectivity index (χ1v) is 5.04. The quantitative estimate of drug-likeness (QED) is 0.601. The van der Waals surface area contributed by atoms with Gasteiger partial charge in [-0.15, -0.1) is 0 Å². The van der Waals surface area contributed by atoms with Crippen LogP contribution in [0.3, 0.4) is 0 Å². The highest BCUT2D eigenvalue weighted by atomic mass is 15.4. The SMILES string of the molecule is CCN1CN(CC#N)C(C)CC1C. The number of nitriles is 1. The highest BCUT2D eigenvalue weighted by molar-refractivity contribution is 4.86. The Labute approximate surface area is 80.9 Å². The van der Waals surface area contributed by atoms with E-state index in [4.69, 9.17) is 5.26 Å². The summed E-state index contributed by atoms with van der Waals surface area (Å²) in [5, 5.41) is 8.65. The van der Waals surface area contributed by atoms with Crippen molar-refractivity contribution in [3.05, 3.63) is 0 Å². The second-order valence-corrected chi connectivity index (χ2v) is 3.89. The Hall–Kier alpha value is -0.590. The zero-order valence-electron chi connectivity index (χ0n) is 8.82. The van der Waals surface area contributed by atoms with Crippen LogP contribution < -0.4 is 0 Å². The molecule has 2 atom stereocenters. The van der Waals surface area contributed by atoms with Crippen molar-refractivity contribution in [2.45, 2.75) is 39.3 Å². The van der Waals surface area contributed by atoms with Crippen LogP contribution in [0.2, 0.25) is 0 Å². The molecular formula is C10H19N3. The van der Waals surface area contributed by atoms with E-state index in [1.165, 1.54) is 6.42 Å². The van der Waals surface area contributed by atoms with Crippen LogP contribution in [-0.2, 0) is 0 Å². The highest BCUT2D eigenvalue weighted by Gasteiger charge is 2.27. The summed E-state index contributed by atoms with van der Waals surface area (Å²) < 4.78 is 0. The van der Waals surface area contributed by atoms with Crippen LogP contribution in [0.15, 0.2) is 0 Å². The van der Waals surface area contributed by atoms with Gasteiger partial charge in [-0.1, -0.05) is 6.92 Å². The van der Waals surface area contributed by atoms with Gasteiger partial charge < -0.3 is 0 Å². The predicted molar refractivity (Wildman–Crippen MR) is 53.1 cm³/mol. The summed E-state index contributed by atoms with van der Waals surface area (Å²) in [6, 6.07) is 3.44. The summed E-state index contributed by atoms with van der Waals surface area (Å²) in [7, 11) is 0. The molecule has 1 saturated heterocycles. The minimum Gasteiger partial charge on any atom is -0.288 e. The molecule has 2 unspecified atom stereocenters. The molecule has 1 aliphatic rings. The normalized spacial score (nSPS) is 31.5. The molecule has 0 spiro atoms. The molecule has 1 heterocycles. The van der Waals surface area contributed by atoms with Gasteiger partial charge in [0.25, 0.3) is 0 Å². The summed E-state index contributed by atoms with van der Waals surface area (Å²) in [6.07, 6.45) is 1.18. The lowest BCUT2D eigenvalue weighted by atomic mass is 10.0. The molecule has 74 valence electrons. The minimum atomic E-state index is 0.553. The van der Waals surface area contributed by atoms with Gasteiger partial charge in [0.1, 0.15) is 0 Å². The molecule has 0 amide bonds. The Kier molecular flexibility index (Phi) is 3.71. The van der Waals surface area contributed by atoms with Gasteiger partial charge in [0.2, 0.25) is 0 Å². The van der Waals surface area contributed by atoms with Crippen LogP contribution in [0, 0.1) is 11.3 Å². The largest absolute Gasteiger partial charge is 0.288 e. The van der Waals surface area contributed by atoms with E-state index in [-0.39, 0.29) is 0 Å². The maximum atomic E-state index is 8.65. The minimum absolute atomic E-state index is 0.553. The lowest BCUT2D eigenvalue weighted by Crippen LogP contribution is -2.53. The van der Waals surface area contributed by atoms with Gasteiger partial charge in [-0.2, -0.15) is 5.26 Å². The van der Waals surface area contributed by atoms with Gasteiger partial charge in [-0.3, -0.25) is 9.80 Å². The maximum absolute atomic E-state index is 8.65. The fraction of sp³-hybridized carbons (Fsp3) is 0.900. The lowest BCUT2D eigenvalue weighted by Gasteiger charge is -2.42. The average Bonchev–Trinajstić information content (AvgIpc) is 2.10. The third-order valence-corrected chi connectivity index (χ3v) is 2.97. The van der Waals surface area contributed by atoms with E-state index in [0.29, 0.717) is 18.6 Å². The van der Waals surface area contributed by atoms with Crippen molar-refractivity contribution >= 4 is 0 Å². The fourth-order valence-electron chi connectivity index (χ4n) is 2.01. The molecule has 0 bridgehead atoms. The topological polar surface area (TPSA) is 30.3 Å². The van der Waals surface area contributed by atoms with Crippen LogP contribution in [0.5, 0.6) is 0 Å². The Morgan fingerprint density at radius 3 is 2.46 bits per heavy atom. The molecule has 0 aromatic rings. The molecule has 3 heteroatoms. The van der Waals surface area contributed by atoms with E-state index in [0.717, 1.165) is 13.2 Å². The highest BCUT2D eigenvalue weighted by Crippen LogP contribution is 2.18. The zero-order valence-corrected chi connectivity index (χ0v) is 8.82. The number of hydrogen-bond donors (Lipinski definition) is 0. The second kappa shape index (κ2) is 4.59. The van der Waals surface area contributed by atoms with Gasteiger partial charge in [0, 0.05) is 12.1 Å². The summed E-state index contributed by atoms with van der Waals surface area (Å²) in [4.78, 5) is 4.65. The standard InChI is InChI=1S/C10H19N3/c1-4-12-8-13(6-5-11)10(3)7-9(12)2/h9-10H,4,6-8H2,1-3H3. The third kappa shape index (κ3) is 2.43. The number of hydrogen-bond acceptors (Lipinski definition) is 3. The molecule has 0 aromatic carbocycles. The van der Waals surface area contributed by atoms with Crippen molar-refractivity contribution in [3.63, 3.8) is 0 Å². The third-order valence-electron chi connectivity index (χ3n) is 2.97. The molecule has 0 aliphatic carbocycles. The first-order valence-electron chi connectivity index (χ1n) is 5.04. The average molecular weight is 181 g/mol. The molecule has 1 aliphatic heterocycles. The Morgan fingerprint density at radius 1 is 1.31 bits per heavy atom. The van der Waals surface area contributed by atoms with Crippen molar-refractivity contribution in [1.29, 1.82) is 5.26 Å². The number of nitrogens with zero attached hydrogens (tertiary/aromatic N) is 3. The van der Waals surface area contributed by atoms with E-state index in [2.05, 4.69) is 36.6 Å². The van der Waals surface area contributed by atoms with Crippen LogP contribution in [0.25, 0.3) is 0 Å². The van der Waals surface area contributed by atoms with E-state index < -0.39 is 0 Å². The van der Waals surface area contributed by atoms with Crippen molar-refractivity contribution in [1.82, 2.24) is 9.80 Å².